The minimum Gasteiger partial charge on any atom is -0.483 e. The third-order valence-corrected chi connectivity index (χ3v) is 6.77. The second-order valence-corrected chi connectivity index (χ2v) is 12.3. The molecular formula is C33H38F6N2O5S. The van der Waals surface area contributed by atoms with Crippen molar-refractivity contribution in [2.24, 2.45) is 0 Å². The molecule has 4 rings (SSSR count). The zero-order valence-corrected chi connectivity index (χ0v) is 26.6. The van der Waals surface area contributed by atoms with Crippen molar-refractivity contribution in [2.75, 3.05) is 32.6 Å². The van der Waals surface area contributed by atoms with Gasteiger partial charge in [-0.15, -0.1) is 0 Å². The van der Waals surface area contributed by atoms with Crippen LogP contribution in [0, 0.1) is 0 Å². The van der Waals surface area contributed by atoms with Gasteiger partial charge in [-0.05, 0) is 36.7 Å². The molecule has 0 fully saturated rings. The van der Waals surface area contributed by atoms with Gasteiger partial charge < -0.3 is 20.1 Å². The van der Waals surface area contributed by atoms with Gasteiger partial charge in [0.2, 0.25) is 0 Å². The van der Waals surface area contributed by atoms with Crippen LogP contribution in [0.3, 0.4) is 0 Å². The summed E-state index contributed by atoms with van der Waals surface area (Å²) in [6.45, 7) is -0.490. The van der Waals surface area contributed by atoms with E-state index in [1.165, 1.54) is 0 Å². The highest BCUT2D eigenvalue weighted by molar-refractivity contribution is 7.85. The molecule has 258 valence electrons. The second kappa shape index (κ2) is 17.5. The third kappa shape index (κ3) is 14.4. The number of benzene rings is 4. The van der Waals surface area contributed by atoms with Crippen molar-refractivity contribution >= 4 is 31.7 Å². The second-order valence-electron chi connectivity index (χ2n) is 10.9. The molecule has 47 heavy (non-hydrogen) atoms. The molecular weight excluding hydrogens is 650 g/mol. The molecule has 0 aliphatic carbocycles. The fourth-order valence-electron chi connectivity index (χ4n) is 4.80. The minimum atomic E-state index is -4.42. The number of nitrogens with one attached hydrogen (secondary N) is 2. The lowest BCUT2D eigenvalue weighted by atomic mass is 10.0. The Morgan fingerprint density at radius 1 is 0.617 bits per heavy atom. The van der Waals surface area contributed by atoms with Crippen LogP contribution in [0.2, 0.25) is 0 Å². The third-order valence-electron chi connectivity index (χ3n) is 6.77. The normalized spacial score (nSPS) is 12.2. The number of halogens is 6. The highest BCUT2D eigenvalue weighted by Crippen LogP contribution is 2.33. The smallest absolute Gasteiger partial charge is 0.422 e. The first-order valence-electron chi connectivity index (χ1n) is 14.8. The van der Waals surface area contributed by atoms with Crippen LogP contribution in [0.4, 0.5) is 26.3 Å². The molecule has 7 nitrogen and oxygen atoms in total. The summed E-state index contributed by atoms with van der Waals surface area (Å²) < 4.78 is 113. The Bertz CT molecular complexity index is 1560. The van der Waals surface area contributed by atoms with Crippen LogP contribution in [-0.4, -0.2) is 57.9 Å². The van der Waals surface area contributed by atoms with E-state index in [2.05, 4.69) is 10.6 Å². The highest BCUT2D eigenvalue weighted by atomic mass is 32.2. The molecule has 0 bridgehead atoms. The lowest BCUT2D eigenvalue weighted by molar-refractivity contribution is -0.154. The molecule has 0 aromatic heterocycles. The van der Waals surface area contributed by atoms with Gasteiger partial charge in [0.1, 0.15) is 11.5 Å². The SMILES string of the molecule is CS(=O)(=O)O.FC(F)(F)COc1c(CNCCCCCCNCc2ccc3ccccc3c2OCC(F)(F)F)ccc2ccccc12. The largest absolute Gasteiger partial charge is 0.483 e. The van der Waals surface area contributed by atoms with E-state index in [1.807, 2.05) is 36.4 Å². The molecule has 0 aliphatic heterocycles. The van der Waals surface area contributed by atoms with E-state index in [0.717, 1.165) is 36.5 Å². The van der Waals surface area contributed by atoms with E-state index in [-0.39, 0.29) is 11.5 Å². The Kier molecular flexibility index (Phi) is 14.1. The summed E-state index contributed by atoms with van der Waals surface area (Å²) >= 11 is 0. The average Bonchev–Trinajstić information content (AvgIpc) is 2.98. The number of unbranched alkanes of at least 4 members (excludes halogenated alkanes) is 3. The Hall–Kier alpha value is -3.59. The summed E-state index contributed by atoms with van der Waals surface area (Å²) in [5.41, 5.74) is 1.35. The lowest BCUT2D eigenvalue weighted by Crippen LogP contribution is -2.21. The Balaban J connectivity index is 0.00000111. The van der Waals surface area contributed by atoms with Crippen LogP contribution >= 0.6 is 0 Å². The molecule has 4 aromatic carbocycles. The molecule has 0 saturated carbocycles. The molecule has 0 unspecified atom stereocenters. The molecule has 0 atom stereocenters. The van der Waals surface area contributed by atoms with Crippen molar-refractivity contribution in [3.05, 3.63) is 83.9 Å². The Labute approximate surface area is 270 Å². The van der Waals surface area contributed by atoms with Crippen molar-refractivity contribution < 1.29 is 48.8 Å². The van der Waals surface area contributed by atoms with Crippen molar-refractivity contribution in [1.29, 1.82) is 0 Å². The van der Waals surface area contributed by atoms with Gasteiger partial charge in [0.25, 0.3) is 10.1 Å². The molecule has 14 heteroatoms. The zero-order chi connectivity index (χ0) is 34.5. The maximum Gasteiger partial charge on any atom is 0.422 e. The molecule has 3 N–H and O–H groups in total. The van der Waals surface area contributed by atoms with Gasteiger partial charge in [-0.25, -0.2) is 0 Å². The van der Waals surface area contributed by atoms with E-state index >= 15 is 0 Å². The highest BCUT2D eigenvalue weighted by Gasteiger charge is 2.30. The standard InChI is InChI=1S/C32H34F6N2O2.CH4O3S/c33-31(34,35)21-41-29-25(15-13-23-9-3-5-11-27(23)29)19-39-17-7-1-2-8-18-40-20-26-16-14-24-10-4-6-12-28(24)30(26)42-22-32(36,37)38;1-5(2,3)4/h3-6,9-16,39-40H,1-2,7-8,17-22H2;1H3,(H,2,3,4). The summed E-state index contributed by atoms with van der Waals surface area (Å²) in [5, 5.41) is 9.53. The fraction of sp³-hybridized carbons (Fsp3) is 0.394. The molecule has 0 saturated heterocycles. The van der Waals surface area contributed by atoms with E-state index in [9.17, 15) is 34.8 Å². The monoisotopic (exact) mass is 688 g/mol. The van der Waals surface area contributed by atoms with Crippen LogP contribution in [0.25, 0.3) is 21.5 Å². The van der Waals surface area contributed by atoms with Crippen LogP contribution < -0.4 is 20.1 Å². The van der Waals surface area contributed by atoms with Gasteiger partial charge >= 0.3 is 12.4 Å². The summed E-state index contributed by atoms with van der Waals surface area (Å²) in [6, 6.07) is 21.7. The summed E-state index contributed by atoms with van der Waals surface area (Å²) in [7, 11) is -3.67. The van der Waals surface area contributed by atoms with Gasteiger partial charge in [0.05, 0.1) is 6.26 Å². The van der Waals surface area contributed by atoms with E-state index in [0.29, 0.717) is 54.3 Å². The van der Waals surface area contributed by atoms with Crippen molar-refractivity contribution in [2.45, 2.75) is 51.1 Å². The first kappa shape index (κ1) is 37.9. The first-order chi connectivity index (χ1) is 22.1. The number of hydrogen-bond acceptors (Lipinski definition) is 6. The van der Waals surface area contributed by atoms with Gasteiger partial charge in [-0.1, -0.05) is 85.6 Å². The maximum atomic E-state index is 12.8. The molecule has 0 aliphatic rings. The summed E-state index contributed by atoms with van der Waals surface area (Å²) in [5.74, 6) is 0.504. The topological polar surface area (TPSA) is 96.9 Å². The fourth-order valence-corrected chi connectivity index (χ4v) is 4.80. The molecule has 0 amide bonds. The number of alkyl halides is 6. The number of ether oxygens (including phenoxy) is 2. The van der Waals surface area contributed by atoms with Gasteiger partial charge in [0, 0.05) is 35.0 Å². The average molecular weight is 689 g/mol. The zero-order valence-electron chi connectivity index (χ0n) is 25.8. The Morgan fingerprint density at radius 3 is 1.34 bits per heavy atom. The molecule has 0 spiro atoms. The van der Waals surface area contributed by atoms with Crippen molar-refractivity contribution in [1.82, 2.24) is 10.6 Å². The Morgan fingerprint density at radius 2 is 0.979 bits per heavy atom. The van der Waals surface area contributed by atoms with E-state index in [4.69, 9.17) is 14.0 Å². The van der Waals surface area contributed by atoms with Gasteiger partial charge in [-0.2, -0.15) is 34.8 Å². The van der Waals surface area contributed by atoms with Crippen LogP contribution in [-0.2, 0) is 23.2 Å². The molecule has 4 aromatic rings. The molecule has 0 heterocycles. The van der Waals surface area contributed by atoms with Crippen LogP contribution in [0.1, 0.15) is 36.8 Å². The quantitative estimate of drug-likeness (QED) is 0.0666. The van der Waals surface area contributed by atoms with Crippen LogP contribution in [0.5, 0.6) is 11.5 Å². The summed E-state index contributed by atoms with van der Waals surface area (Å²) in [4.78, 5) is 0. The van der Waals surface area contributed by atoms with Crippen molar-refractivity contribution in [3.63, 3.8) is 0 Å². The number of fused-ring (bicyclic) bond motifs is 2. The van der Waals surface area contributed by atoms with Crippen LogP contribution in [0.15, 0.2) is 72.8 Å². The predicted octanol–water partition coefficient (Wildman–Crippen LogP) is 7.82. The van der Waals surface area contributed by atoms with Gasteiger partial charge in [0.15, 0.2) is 13.2 Å². The minimum absolute atomic E-state index is 0.252. The van der Waals surface area contributed by atoms with Crippen molar-refractivity contribution in [3.8, 4) is 11.5 Å². The van der Waals surface area contributed by atoms with E-state index < -0.39 is 35.7 Å². The summed E-state index contributed by atoms with van der Waals surface area (Å²) in [6.07, 6.45) is -4.42. The number of rotatable bonds is 15. The van der Waals surface area contributed by atoms with Gasteiger partial charge in [-0.3, -0.25) is 4.55 Å². The maximum absolute atomic E-state index is 12.8. The lowest BCUT2D eigenvalue weighted by Gasteiger charge is -2.16. The predicted molar refractivity (Wildman–Crippen MR) is 170 cm³/mol. The molecule has 0 radical (unpaired) electrons. The number of hydrogen-bond donors (Lipinski definition) is 3. The van der Waals surface area contributed by atoms with E-state index in [1.54, 1.807) is 36.4 Å². The first-order valence-corrected chi connectivity index (χ1v) is 16.7.